The van der Waals surface area contributed by atoms with Crippen molar-refractivity contribution < 1.29 is 27.5 Å². The zero-order chi connectivity index (χ0) is 22.4. The summed E-state index contributed by atoms with van der Waals surface area (Å²) in [6.07, 6.45) is 1.32. The van der Waals surface area contributed by atoms with Crippen LogP contribution in [0.2, 0.25) is 0 Å². The van der Waals surface area contributed by atoms with Gasteiger partial charge in [-0.3, -0.25) is 10.1 Å². The SMILES string of the molecule is COc1cc(OC)nc(NC(=O)NS(=O)(=O)Nn2cccc2C(=O)c2ccccc2)n1. The van der Waals surface area contributed by atoms with Crippen LogP contribution < -0.4 is 24.3 Å². The van der Waals surface area contributed by atoms with Crippen LogP contribution >= 0.6 is 0 Å². The lowest BCUT2D eigenvalue weighted by atomic mass is 10.1. The predicted octanol–water partition coefficient (Wildman–Crippen LogP) is 1.14. The van der Waals surface area contributed by atoms with Crippen LogP contribution in [0.25, 0.3) is 0 Å². The lowest BCUT2D eigenvalue weighted by Crippen LogP contribution is -2.42. The van der Waals surface area contributed by atoms with E-state index in [9.17, 15) is 18.0 Å². The number of amides is 2. The number of benzene rings is 1. The zero-order valence-electron chi connectivity index (χ0n) is 16.4. The third-order valence-corrected chi connectivity index (χ3v) is 4.68. The number of hydrogen-bond donors (Lipinski definition) is 3. The van der Waals surface area contributed by atoms with Gasteiger partial charge in [0.25, 0.3) is 0 Å². The molecule has 3 aromatic rings. The number of aromatic nitrogens is 3. The predicted molar refractivity (Wildman–Crippen MR) is 110 cm³/mol. The van der Waals surface area contributed by atoms with Gasteiger partial charge in [0.1, 0.15) is 5.69 Å². The summed E-state index contributed by atoms with van der Waals surface area (Å²) in [6.45, 7) is 0. The second-order valence-electron chi connectivity index (χ2n) is 5.89. The summed E-state index contributed by atoms with van der Waals surface area (Å²) in [5, 5.41) is 2.16. The number of carbonyl (C=O) groups excluding carboxylic acids is 2. The maximum Gasteiger partial charge on any atom is 0.338 e. The van der Waals surface area contributed by atoms with Gasteiger partial charge in [-0.2, -0.15) is 18.4 Å². The largest absolute Gasteiger partial charge is 0.481 e. The first-order valence-corrected chi connectivity index (χ1v) is 10.2. The van der Waals surface area contributed by atoms with Gasteiger partial charge in [-0.1, -0.05) is 30.3 Å². The molecule has 3 rings (SSSR count). The Morgan fingerprint density at radius 2 is 1.61 bits per heavy atom. The van der Waals surface area contributed by atoms with Gasteiger partial charge >= 0.3 is 16.2 Å². The molecule has 0 radical (unpaired) electrons. The molecular formula is C18H18N6O6S. The fraction of sp³-hybridized carbons (Fsp3) is 0.111. The lowest BCUT2D eigenvalue weighted by molar-refractivity contribution is 0.103. The van der Waals surface area contributed by atoms with Crippen LogP contribution in [-0.4, -0.2) is 49.1 Å². The van der Waals surface area contributed by atoms with Crippen LogP contribution in [0.4, 0.5) is 10.7 Å². The van der Waals surface area contributed by atoms with Crippen LogP contribution in [0.5, 0.6) is 11.8 Å². The van der Waals surface area contributed by atoms with Gasteiger partial charge in [0.2, 0.25) is 23.5 Å². The van der Waals surface area contributed by atoms with E-state index in [2.05, 4.69) is 20.1 Å². The Kier molecular flexibility index (Phi) is 6.35. The van der Waals surface area contributed by atoms with Crippen molar-refractivity contribution in [3.63, 3.8) is 0 Å². The highest BCUT2D eigenvalue weighted by Crippen LogP contribution is 2.17. The van der Waals surface area contributed by atoms with Gasteiger partial charge in [0.05, 0.1) is 20.3 Å². The average molecular weight is 446 g/mol. The monoisotopic (exact) mass is 446 g/mol. The van der Waals surface area contributed by atoms with E-state index in [-0.39, 0.29) is 23.4 Å². The normalized spacial score (nSPS) is 10.8. The minimum atomic E-state index is -4.41. The van der Waals surface area contributed by atoms with Crippen molar-refractivity contribution >= 4 is 28.0 Å². The topological polar surface area (TPSA) is 154 Å². The molecule has 13 heteroatoms. The van der Waals surface area contributed by atoms with Crippen LogP contribution in [-0.2, 0) is 10.2 Å². The molecule has 0 atom stereocenters. The molecule has 0 aliphatic rings. The Labute approximate surface area is 177 Å². The van der Waals surface area contributed by atoms with E-state index in [0.29, 0.717) is 5.56 Å². The molecule has 0 aliphatic heterocycles. The molecule has 0 spiro atoms. The number of rotatable bonds is 8. The fourth-order valence-electron chi connectivity index (χ4n) is 2.45. The number of anilines is 1. The van der Waals surface area contributed by atoms with Gasteiger partial charge < -0.3 is 9.47 Å². The van der Waals surface area contributed by atoms with E-state index >= 15 is 0 Å². The van der Waals surface area contributed by atoms with E-state index in [1.54, 1.807) is 35.1 Å². The van der Waals surface area contributed by atoms with Crippen LogP contribution in [0.3, 0.4) is 0 Å². The van der Waals surface area contributed by atoms with Crippen LogP contribution in [0, 0.1) is 0 Å². The Bertz CT molecular complexity index is 1170. The highest BCUT2D eigenvalue weighted by Gasteiger charge is 2.20. The number of hydrogen-bond acceptors (Lipinski definition) is 8. The highest BCUT2D eigenvalue weighted by molar-refractivity contribution is 7.90. The number of ketones is 1. The third-order valence-electron chi connectivity index (χ3n) is 3.79. The van der Waals surface area contributed by atoms with Crippen molar-refractivity contribution in [3.8, 4) is 11.8 Å². The van der Waals surface area contributed by atoms with Crippen LogP contribution in [0.1, 0.15) is 16.1 Å². The number of carbonyl (C=O) groups is 2. The first-order chi connectivity index (χ1) is 14.8. The molecule has 0 bridgehead atoms. The second kappa shape index (κ2) is 9.13. The molecule has 3 N–H and O–H groups in total. The molecule has 1 aromatic carbocycles. The Balaban J connectivity index is 1.71. The number of methoxy groups -OCH3 is 2. The maximum atomic E-state index is 12.6. The molecule has 0 unspecified atom stereocenters. The number of nitrogens with zero attached hydrogens (tertiary/aromatic N) is 3. The zero-order valence-corrected chi connectivity index (χ0v) is 17.2. The summed E-state index contributed by atoms with van der Waals surface area (Å²) in [7, 11) is -1.71. The molecular weight excluding hydrogens is 428 g/mol. The van der Waals surface area contributed by atoms with Gasteiger partial charge in [-0.05, 0) is 12.1 Å². The molecule has 0 saturated carbocycles. The van der Waals surface area contributed by atoms with Gasteiger partial charge in [-0.25, -0.2) is 19.0 Å². The van der Waals surface area contributed by atoms with Crippen molar-refractivity contribution in [2.75, 3.05) is 24.4 Å². The molecule has 31 heavy (non-hydrogen) atoms. The van der Waals surface area contributed by atoms with E-state index in [0.717, 1.165) is 4.68 Å². The summed E-state index contributed by atoms with van der Waals surface area (Å²) in [6, 6.07) is 11.5. The Morgan fingerprint density at radius 3 is 2.23 bits per heavy atom. The van der Waals surface area contributed by atoms with E-state index < -0.39 is 22.0 Å². The van der Waals surface area contributed by atoms with Gasteiger partial charge in [0.15, 0.2) is 0 Å². The number of nitrogens with one attached hydrogen (secondary N) is 3. The first-order valence-electron chi connectivity index (χ1n) is 8.67. The minimum absolute atomic E-state index is 0.0536. The molecule has 12 nitrogen and oxygen atoms in total. The summed E-state index contributed by atoms with van der Waals surface area (Å²) < 4.78 is 37.3. The summed E-state index contributed by atoms with van der Waals surface area (Å²) in [5.74, 6) is -0.460. The van der Waals surface area contributed by atoms with Crippen LogP contribution in [0.15, 0.2) is 54.7 Å². The van der Waals surface area contributed by atoms with Crippen molar-refractivity contribution in [2.24, 2.45) is 0 Å². The molecule has 2 aromatic heterocycles. The van der Waals surface area contributed by atoms with Gasteiger partial charge in [0, 0.05) is 11.8 Å². The molecule has 2 amide bonds. The summed E-state index contributed by atoms with van der Waals surface area (Å²) in [4.78, 5) is 34.5. The number of ether oxygens (including phenoxy) is 2. The summed E-state index contributed by atoms with van der Waals surface area (Å²) in [5.41, 5.74) is 0.425. The quantitative estimate of drug-likeness (QED) is 0.435. The Hall–Kier alpha value is -4.13. The smallest absolute Gasteiger partial charge is 0.338 e. The third kappa shape index (κ3) is 5.48. The standard InChI is InChI=1S/C18H18N6O6S/c1-29-14-11-15(30-2)20-17(19-14)21-18(26)22-31(27,28)23-24-10-6-9-13(24)16(25)12-7-4-3-5-8-12/h3-11,23H,1-2H3,(H2,19,20,21,22,26). The van der Waals surface area contributed by atoms with E-state index in [1.807, 2.05) is 0 Å². The number of urea groups is 1. The molecule has 162 valence electrons. The van der Waals surface area contributed by atoms with Crippen molar-refractivity contribution in [3.05, 3.63) is 66.0 Å². The van der Waals surface area contributed by atoms with Crippen molar-refractivity contribution in [1.82, 2.24) is 19.4 Å². The molecule has 2 heterocycles. The summed E-state index contributed by atoms with van der Waals surface area (Å²) >= 11 is 0. The van der Waals surface area contributed by atoms with Gasteiger partial charge in [-0.15, -0.1) is 0 Å². The molecule has 0 aliphatic carbocycles. The second-order valence-corrected chi connectivity index (χ2v) is 7.28. The molecule has 0 saturated heterocycles. The molecule has 0 fully saturated rings. The average Bonchev–Trinajstić information content (AvgIpc) is 3.20. The lowest BCUT2D eigenvalue weighted by Gasteiger charge is -2.13. The van der Waals surface area contributed by atoms with E-state index in [4.69, 9.17) is 9.47 Å². The van der Waals surface area contributed by atoms with E-state index in [1.165, 1.54) is 38.6 Å². The highest BCUT2D eigenvalue weighted by atomic mass is 32.2. The fourth-order valence-corrected chi connectivity index (χ4v) is 3.21. The first kappa shape index (κ1) is 21.6. The minimum Gasteiger partial charge on any atom is -0.481 e. The van der Waals surface area contributed by atoms with Crippen molar-refractivity contribution in [2.45, 2.75) is 0 Å². The Morgan fingerprint density at radius 1 is 0.968 bits per heavy atom. The maximum absolute atomic E-state index is 12.6. The van der Waals surface area contributed by atoms with Crippen molar-refractivity contribution in [1.29, 1.82) is 0 Å².